The van der Waals surface area contributed by atoms with Crippen LogP contribution in [-0.4, -0.2) is 59.9 Å². The first-order valence-corrected chi connectivity index (χ1v) is 9.12. The summed E-state index contributed by atoms with van der Waals surface area (Å²) in [6.45, 7) is 6.03. The monoisotopic (exact) mass is 398 g/mol. The van der Waals surface area contributed by atoms with Crippen LogP contribution in [0, 0.1) is 0 Å². The van der Waals surface area contributed by atoms with Crippen molar-refractivity contribution in [2.75, 3.05) is 33.0 Å². The fraction of sp³-hybridized carbons (Fsp3) is 0.588. The molecule has 1 fully saturated rings. The van der Waals surface area contributed by atoms with Gasteiger partial charge in [0, 0.05) is 17.1 Å². The SMILES string of the molecule is CCN(CC(=O)O)C1CCN(Cc2cc3c(cc2Br)OCO3)CC1. The maximum absolute atomic E-state index is 11.0. The number of ether oxygens (including phenoxy) is 2. The molecule has 1 N–H and O–H groups in total. The van der Waals surface area contributed by atoms with Gasteiger partial charge in [-0.1, -0.05) is 22.9 Å². The van der Waals surface area contributed by atoms with E-state index in [-0.39, 0.29) is 13.3 Å². The maximum Gasteiger partial charge on any atom is 0.317 e. The van der Waals surface area contributed by atoms with E-state index in [0.29, 0.717) is 6.04 Å². The largest absolute Gasteiger partial charge is 0.480 e. The third-order valence-corrected chi connectivity index (χ3v) is 5.49. The highest BCUT2D eigenvalue weighted by atomic mass is 79.9. The van der Waals surface area contributed by atoms with Crippen LogP contribution < -0.4 is 9.47 Å². The van der Waals surface area contributed by atoms with Crippen LogP contribution in [0.5, 0.6) is 11.5 Å². The van der Waals surface area contributed by atoms with Crippen molar-refractivity contribution in [3.63, 3.8) is 0 Å². The Kier molecular flexibility index (Phi) is 5.63. The summed E-state index contributed by atoms with van der Waals surface area (Å²) in [6, 6.07) is 4.37. The minimum Gasteiger partial charge on any atom is -0.480 e. The number of carbonyl (C=O) groups is 1. The molecule has 1 aromatic rings. The number of aliphatic carboxylic acids is 1. The molecule has 1 saturated heterocycles. The third-order valence-electron chi connectivity index (χ3n) is 4.75. The zero-order chi connectivity index (χ0) is 17.1. The topological polar surface area (TPSA) is 62.2 Å². The Morgan fingerprint density at radius 3 is 2.62 bits per heavy atom. The molecule has 0 radical (unpaired) electrons. The van der Waals surface area contributed by atoms with Gasteiger partial charge in [0.15, 0.2) is 11.5 Å². The van der Waals surface area contributed by atoms with Gasteiger partial charge in [-0.05, 0) is 50.2 Å². The highest BCUT2D eigenvalue weighted by molar-refractivity contribution is 9.10. The Morgan fingerprint density at radius 1 is 1.33 bits per heavy atom. The molecule has 6 nitrogen and oxygen atoms in total. The smallest absolute Gasteiger partial charge is 0.317 e. The molecule has 0 spiro atoms. The number of likely N-dealkylation sites (tertiary alicyclic amines) is 1. The fourth-order valence-electron chi connectivity index (χ4n) is 3.44. The van der Waals surface area contributed by atoms with Crippen LogP contribution in [-0.2, 0) is 11.3 Å². The van der Waals surface area contributed by atoms with E-state index in [2.05, 4.69) is 25.7 Å². The number of carboxylic acid groups (broad SMARTS) is 1. The molecule has 7 heteroatoms. The van der Waals surface area contributed by atoms with E-state index in [1.165, 1.54) is 5.56 Å². The average Bonchev–Trinajstić information content (AvgIpc) is 3.00. The Balaban J connectivity index is 1.57. The van der Waals surface area contributed by atoms with Crippen LogP contribution in [0.2, 0.25) is 0 Å². The van der Waals surface area contributed by atoms with Gasteiger partial charge in [0.05, 0.1) is 6.54 Å². The van der Waals surface area contributed by atoms with Crippen molar-refractivity contribution in [3.8, 4) is 11.5 Å². The van der Waals surface area contributed by atoms with Gasteiger partial charge >= 0.3 is 5.97 Å². The number of benzene rings is 1. The summed E-state index contributed by atoms with van der Waals surface area (Å²) >= 11 is 3.61. The molecule has 0 aliphatic carbocycles. The lowest BCUT2D eigenvalue weighted by Gasteiger charge is -2.37. The second-order valence-corrected chi connectivity index (χ2v) is 7.12. The Labute approximate surface area is 150 Å². The molecular weight excluding hydrogens is 376 g/mol. The van der Waals surface area contributed by atoms with Gasteiger partial charge in [-0.15, -0.1) is 0 Å². The Bertz CT molecular complexity index is 602. The van der Waals surface area contributed by atoms with E-state index in [1.54, 1.807) is 0 Å². The van der Waals surface area contributed by atoms with Gasteiger partial charge in [-0.25, -0.2) is 0 Å². The van der Waals surface area contributed by atoms with Crippen molar-refractivity contribution in [3.05, 3.63) is 22.2 Å². The molecular formula is C17H23BrN2O4. The number of hydrogen-bond acceptors (Lipinski definition) is 5. The van der Waals surface area contributed by atoms with E-state index < -0.39 is 5.97 Å². The second kappa shape index (κ2) is 7.72. The van der Waals surface area contributed by atoms with Gasteiger partial charge in [-0.3, -0.25) is 14.6 Å². The van der Waals surface area contributed by atoms with Crippen molar-refractivity contribution in [1.29, 1.82) is 0 Å². The molecule has 1 aromatic carbocycles. The molecule has 0 aromatic heterocycles. The van der Waals surface area contributed by atoms with Crippen molar-refractivity contribution in [2.45, 2.75) is 32.4 Å². The standard InChI is InChI=1S/C17H23BrN2O4/c1-2-20(10-17(21)22)13-3-5-19(6-4-13)9-12-7-15-16(8-14(12)18)24-11-23-15/h7-8,13H,2-6,9-11H2,1H3,(H,21,22). The van der Waals surface area contributed by atoms with E-state index in [9.17, 15) is 4.79 Å². The molecule has 0 unspecified atom stereocenters. The first kappa shape index (κ1) is 17.5. The van der Waals surface area contributed by atoms with Crippen LogP contribution in [0.4, 0.5) is 0 Å². The number of rotatable bonds is 6. The Morgan fingerprint density at radius 2 is 2.00 bits per heavy atom. The second-order valence-electron chi connectivity index (χ2n) is 6.26. The van der Waals surface area contributed by atoms with Crippen LogP contribution in [0.15, 0.2) is 16.6 Å². The van der Waals surface area contributed by atoms with Crippen LogP contribution in [0.1, 0.15) is 25.3 Å². The normalized spacial score (nSPS) is 18.3. The van der Waals surface area contributed by atoms with Crippen LogP contribution >= 0.6 is 15.9 Å². The molecule has 3 rings (SSSR count). The average molecular weight is 399 g/mol. The predicted octanol–water partition coefficient (Wildman–Crippen LogP) is 2.55. The van der Waals surface area contributed by atoms with E-state index in [0.717, 1.165) is 55.0 Å². The Hall–Kier alpha value is -1.31. The molecule has 0 saturated carbocycles. The molecule has 2 heterocycles. The zero-order valence-electron chi connectivity index (χ0n) is 13.8. The summed E-state index contributed by atoms with van der Waals surface area (Å²) in [5.74, 6) is 0.849. The molecule has 24 heavy (non-hydrogen) atoms. The molecule has 132 valence electrons. The summed E-state index contributed by atoms with van der Waals surface area (Å²) < 4.78 is 11.9. The fourth-order valence-corrected chi connectivity index (χ4v) is 3.88. The lowest BCUT2D eigenvalue weighted by Crippen LogP contribution is -2.46. The van der Waals surface area contributed by atoms with Gasteiger partial charge in [0.2, 0.25) is 6.79 Å². The summed E-state index contributed by atoms with van der Waals surface area (Å²) in [5.41, 5.74) is 1.19. The van der Waals surface area contributed by atoms with Crippen molar-refractivity contribution in [1.82, 2.24) is 9.80 Å². The maximum atomic E-state index is 11.0. The lowest BCUT2D eigenvalue weighted by molar-refractivity contribution is -0.139. The highest BCUT2D eigenvalue weighted by Gasteiger charge is 2.26. The number of likely N-dealkylation sites (N-methyl/N-ethyl adjacent to an activating group) is 1. The predicted molar refractivity (Wildman–Crippen MR) is 93.4 cm³/mol. The van der Waals surface area contributed by atoms with Gasteiger partial charge < -0.3 is 14.6 Å². The van der Waals surface area contributed by atoms with Gasteiger partial charge in [0.25, 0.3) is 0 Å². The quantitative estimate of drug-likeness (QED) is 0.794. The summed E-state index contributed by atoms with van der Waals surface area (Å²) in [5, 5.41) is 9.02. The summed E-state index contributed by atoms with van der Waals surface area (Å²) in [4.78, 5) is 15.4. The lowest BCUT2D eigenvalue weighted by atomic mass is 10.0. The van der Waals surface area contributed by atoms with E-state index in [4.69, 9.17) is 14.6 Å². The minimum atomic E-state index is -0.747. The number of carboxylic acids is 1. The van der Waals surface area contributed by atoms with Crippen molar-refractivity contribution < 1.29 is 19.4 Å². The molecule has 2 aliphatic rings. The third kappa shape index (κ3) is 4.02. The summed E-state index contributed by atoms with van der Waals surface area (Å²) in [7, 11) is 0. The number of hydrogen-bond donors (Lipinski definition) is 1. The highest BCUT2D eigenvalue weighted by Crippen LogP contribution is 2.37. The van der Waals surface area contributed by atoms with E-state index in [1.807, 2.05) is 19.1 Å². The number of nitrogens with zero attached hydrogens (tertiary/aromatic N) is 2. The van der Waals surface area contributed by atoms with Crippen LogP contribution in [0.25, 0.3) is 0 Å². The number of piperidine rings is 1. The summed E-state index contributed by atoms with van der Waals surface area (Å²) in [6.07, 6.45) is 2.01. The first-order valence-electron chi connectivity index (χ1n) is 8.33. The molecule has 0 amide bonds. The van der Waals surface area contributed by atoms with Crippen molar-refractivity contribution >= 4 is 21.9 Å². The van der Waals surface area contributed by atoms with Crippen molar-refractivity contribution in [2.24, 2.45) is 0 Å². The van der Waals surface area contributed by atoms with Gasteiger partial charge in [0.1, 0.15) is 0 Å². The number of fused-ring (bicyclic) bond motifs is 1. The van der Waals surface area contributed by atoms with Crippen LogP contribution in [0.3, 0.4) is 0 Å². The minimum absolute atomic E-state index is 0.134. The molecule has 0 bridgehead atoms. The van der Waals surface area contributed by atoms with Gasteiger partial charge in [-0.2, -0.15) is 0 Å². The molecule has 0 atom stereocenters. The zero-order valence-corrected chi connectivity index (χ0v) is 15.4. The molecule has 2 aliphatic heterocycles. The first-order chi connectivity index (χ1) is 11.6. The van der Waals surface area contributed by atoms with E-state index >= 15 is 0 Å². The number of halogens is 1.